The van der Waals surface area contributed by atoms with Crippen LogP contribution in [0.2, 0.25) is 0 Å². The fourth-order valence-electron chi connectivity index (χ4n) is 2.94. The molecule has 0 bridgehead atoms. The third kappa shape index (κ3) is 3.31. The predicted molar refractivity (Wildman–Crippen MR) is 99.3 cm³/mol. The van der Waals surface area contributed by atoms with Crippen molar-refractivity contribution in [2.75, 3.05) is 16.0 Å². The number of hydrogen-bond donors (Lipinski definition) is 1. The molecule has 1 unspecified atom stereocenters. The van der Waals surface area contributed by atoms with Crippen LogP contribution < -0.4 is 10.2 Å². The van der Waals surface area contributed by atoms with E-state index < -0.39 is 0 Å². The Morgan fingerprint density at radius 3 is 2.50 bits per heavy atom. The number of amides is 2. The van der Waals surface area contributed by atoms with E-state index in [1.807, 2.05) is 48.2 Å². The average Bonchev–Trinajstić information content (AvgIpc) is 2.89. The van der Waals surface area contributed by atoms with Crippen molar-refractivity contribution < 1.29 is 9.59 Å². The first-order valence-corrected chi connectivity index (χ1v) is 8.89. The monoisotopic (exact) mass is 340 g/mol. The van der Waals surface area contributed by atoms with Gasteiger partial charge in [0.1, 0.15) is 5.37 Å². The van der Waals surface area contributed by atoms with E-state index in [4.69, 9.17) is 0 Å². The number of aryl methyl sites for hydroxylation is 2. The highest BCUT2D eigenvalue weighted by molar-refractivity contribution is 8.00. The summed E-state index contributed by atoms with van der Waals surface area (Å²) >= 11 is 1.63. The van der Waals surface area contributed by atoms with Crippen LogP contribution in [0, 0.1) is 13.8 Å². The molecule has 1 aliphatic rings. The molecule has 124 valence electrons. The molecule has 0 radical (unpaired) electrons. The quantitative estimate of drug-likeness (QED) is 0.917. The number of thioether (sulfide) groups is 1. The van der Waals surface area contributed by atoms with E-state index in [1.54, 1.807) is 11.8 Å². The van der Waals surface area contributed by atoms with E-state index in [1.165, 1.54) is 12.5 Å². The molecule has 2 aromatic carbocycles. The van der Waals surface area contributed by atoms with Gasteiger partial charge in [0.05, 0.1) is 5.75 Å². The second-order valence-corrected chi connectivity index (χ2v) is 7.09. The van der Waals surface area contributed by atoms with Crippen LogP contribution in [0.1, 0.15) is 29.0 Å². The summed E-state index contributed by atoms with van der Waals surface area (Å²) < 4.78 is 0. The Hall–Kier alpha value is -2.27. The molecule has 0 saturated carbocycles. The van der Waals surface area contributed by atoms with Crippen molar-refractivity contribution in [2.24, 2.45) is 0 Å². The van der Waals surface area contributed by atoms with Crippen LogP contribution in [0.15, 0.2) is 42.5 Å². The van der Waals surface area contributed by atoms with Gasteiger partial charge in [0, 0.05) is 18.3 Å². The van der Waals surface area contributed by atoms with Crippen molar-refractivity contribution in [3.8, 4) is 0 Å². The molecule has 1 heterocycles. The number of nitrogens with one attached hydrogen (secondary N) is 1. The molecule has 2 amide bonds. The number of nitrogens with zero attached hydrogens (tertiary/aromatic N) is 1. The second kappa shape index (κ2) is 6.69. The van der Waals surface area contributed by atoms with Crippen molar-refractivity contribution in [2.45, 2.75) is 26.1 Å². The van der Waals surface area contributed by atoms with Crippen LogP contribution >= 0.6 is 11.8 Å². The Morgan fingerprint density at radius 2 is 1.88 bits per heavy atom. The summed E-state index contributed by atoms with van der Waals surface area (Å²) in [7, 11) is 0. The number of benzene rings is 2. The van der Waals surface area contributed by atoms with Crippen LogP contribution in [0.5, 0.6) is 0 Å². The summed E-state index contributed by atoms with van der Waals surface area (Å²) in [5.74, 6) is 0.513. The number of rotatable bonds is 3. The number of hydrogen-bond acceptors (Lipinski definition) is 3. The first-order valence-electron chi connectivity index (χ1n) is 7.84. The minimum absolute atomic E-state index is 0.0368. The first-order chi connectivity index (χ1) is 11.5. The maximum absolute atomic E-state index is 12.5. The molecule has 1 saturated heterocycles. The molecule has 1 atom stereocenters. The van der Waals surface area contributed by atoms with Gasteiger partial charge >= 0.3 is 0 Å². The number of carbonyl (C=O) groups excluding carboxylic acids is 2. The minimum Gasteiger partial charge on any atom is -0.326 e. The molecule has 0 spiro atoms. The average molecular weight is 340 g/mol. The molecule has 1 N–H and O–H groups in total. The van der Waals surface area contributed by atoms with Crippen LogP contribution in [-0.2, 0) is 9.59 Å². The minimum atomic E-state index is -0.0925. The molecule has 1 aliphatic heterocycles. The van der Waals surface area contributed by atoms with Gasteiger partial charge in [0.2, 0.25) is 11.8 Å². The van der Waals surface area contributed by atoms with Crippen molar-refractivity contribution >= 4 is 35.0 Å². The highest BCUT2D eigenvalue weighted by Gasteiger charge is 2.34. The summed E-state index contributed by atoms with van der Waals surface area (Å²) in [6, 6.07) is 13.8. The summed E-state index contributed by atoms with van der Waals surface area (Å²) in [5, 5.41) is 2.73. The number of anilines is 2. The largest absolute Gasteiger partial charge is 0.326 e. The molecular formula is C19H20N2O2S. The van der Waals surface area contributed by atoms with Crippen LogP contribution in [0.3, 0.4) is 0 Å². The molecule has 4 nitrogen and oxygen atoms in total. The third-order valence-electron chi connectivity index (χ3n) is 4.00. The van der Waals surface area contributed by atoms with E-state index in [2.05, 4.69) is 18.3 Å². The molecular weight excluding hydrogens is 320 g/mol. The molecule has 2 aromatic rings. The van der Waals surface area contributed by atoms with E-state index >= 15 is 0 Å². The van der Waals surface area contributed by atoms with Crippen molar-refractivity contribution in [1.82, 2.24) is 0 Å². The number of carbonyl (C=O) groups is 2. The van der Waals surface area contributed by atoms with Gasteiger partial charge in [-0.2, -0.15) is 0 Å². The van der Waals surface area contributed by atoms with Gasteiger partial charge < -0.3 is 5.32 Å². The third-order valence-corrected chi connectivity index (χ3v) is 5.21. The fraction of sp³-hybridized carbons (Fsp3) is 0.263. The lowest BCUT2D eigenvalue weighted by atomic mass is 10.1. The van der Waals surface area contributed by atoms with Crippen LogP contribution in [0.4, 0.5) is 11.4 Å². The van der Waals surface area contributed by atoms with Gasteiger partial charge in [-0.15, -0.1) is 11.8 Å². The lowest BCUT2D eigenvalue weighted by Gasteiger charge is -2.26. The Bertz CT molecular complexity index is 786. The van der Waals surface area contributed by atoms with Gasteiger partial charge in [-0.1, -0.05) is 29.8 Å². The Morgan fingerprint density at radius 1 is 1.17 bits per heavy atom. The zero-order valence-electron chi connectivity index (χ0n) is 14.0. The topological polar surface area (TPSA) is 49.4 Å². The Balaban J connectivity index is 1.91. The van der Waals surface area contributed by atoms with Crippen molar-refractivity contribution in [3.05, 3.63) is 59.2 Å². The SMILES string of the molecule is CC(=O)Nc1ccc(C2SCC(=O)N2c2ccc(C)cc2C)cc1. The summed E-state index contributed by atoms with van der Waals surface area (Å²) in [5.41, 5.74) is 5.07. The normalized spacial score (nSPS) is 17.2. The molecule has 0 aromatic heterocycles. The molecule has 3 rings (SSSR count). The lowest BCUT2D eigenvalue weighted by molar-refractivity contribution is -0.116. The second-order valence-electron chi connectivity index (χ2n) is 6.02. The van der Waals surface area contributed by atoms with E-state index in [-0.39, 0.29) is 17.2 Å². The molecule has 5 heteroatoms. The maximum Gasteiger partial charge on any atom is 0.238 e. The van der Waals surface area contributed by atoms with Crippen LogP contribution in [-0.4, -0.2) is 17.6 Å². The highest BCUT2D eigenvalue weighted by Crippen LogP contribution is 2.43. The van der Waals surface area contributed by atoms with E-state index in [0.29, 0.717) is 5.75 Å². The van der Waals surface area contributed by atoms with E-state index in [0.717, 1.165) is 22.5 Å². The van der Waals surface area contributed by atoms with Gasteiger partial charge in [-0.05, 0) is 43.2 Å². The van der Waals surface area contributed by atoms with Gasteiger partial charge in [-0.3, -0.25) is 14.5 Å². The molecule has 1 fully saturated rings. The Labute approximate surface area is 146 Å². The fourth-order valence-corrected chi connectivity index (χ4v) is 4.11. The predicted octanol–water partition coefficient (Wildman–Crippen LogP) is 4.04. The van der Waals surface area contributed by atoms with Gasteiger partial charge in [-0.25, -0.2) is 0 Å². The van der Waals surface area contributed by atoms with Gasteiger partial charge in [0.15, 0.2) is 0 Å². The zero-order chi connectivity index (χ0) is 17.3. The van der Waals surface area contributed by atoms with Crippen molar-refractivity contribution in [1.29, 1.82) is 0 Å². The smallest absolute Gasteiger partial charge is 0.238 e. The maximum atomic E-state index is 12.5. The highest BCUT2D eigenvalue weighted by atomic mass is 32.2. The summed E-state index contributed by atoms with van der Waals surface area (Å²) in [4.78, 5) is 25.5. The summed E-state index contributed by atoms with van der Waals surface area (Å²) in [6.45, 7) is 5.58. The lowest BCUT2D eigenvalue weighted by Crippen LogP contribution is -2.28. The zero-order valence-corrected chi connectivity index (χ0v) is 14.8. The summed E-state index contributed by atoms with van der Waals surface area (Å²) in [6.07, 6.45) is 0. The Kier molecular flexibility index (Phi) is 4.62. The van der Waals surface area contributed by atoms with E-state index in [9.17, 15) is 9.59 Å². The first kappa shape index (κ1) is 16.6. The molecule has 24 heavy (non-hydrogen) atoms. The standard InChI is InChI=1S/C19H20N2O2S/c1-12-4-9-17(13(2)10-12)21-18(23)11-24-19(21)15-5-7-16(8-6-15)20-14(3)22/h4-10,19H,11H2,1-3H3,(H,20,22). The van der Waals surface area contributed by atoms with Crippen LogP contribution in [0.25, 0.3) is 0 Å². The van der Waals surface area contributed by atoms with Crippen molar-refractivity contribution in [3.63, 3.8) is 0 Å². The van der Waals surface area contributed by atoms with Gasteiger partial charge in [0.25, 0.3) is 0 Å². The molecule has 0 aliphatic carbocycles.